The fourth-order valence-corrected chi connectivity index (χ4v) is 5.18. The minimum absolute atomic E-state index is 0.279. The SMILES string of the molecule is NC(=NCC1(N2CCSCC2)CCCC1)NCCCN1CCOCC1. The van der Waals surface area contributed by atoms with E-state index in [4.69, 9.17) is 15.5 Å². The lowest BCUT2D eigenvalue weighted by Gasteiger charge is -2.42. The molecule has 0 spiro atoms. The molecule has 0 unspecified atom stereocenters. The number of nitrogens with one attached hydrogen (secondary N) is 1. The lowest BCUT2D eigenvalue weighted by atomic mass is 9.95. The quantitative estimate of drug-likeness (QED) is 0.396. The van der Waals surface area contributed by atoms with Gasteiger partial charge in [-0.25, -0.2) is 0 Å². The van der Waals surface area contributed by atoms with Gasteiger partial charge in [-0.2, -0.15) is 11.8 Å². The monoisotopic (exact) mass is 369 g/mol. The predicted octanol–water partition coefficient (Wildman–Crippen LogP) is 0.975. The molecule has 0 bridgehead atoms. The number of morpholine rings is 1. The van der Waals surface area contributed by atoms with E-state index in [1.807, 2.05) is 0 Å². The maximum Gasteiger partial charge on any atom is 0.188 e. The zero-order chi connectivity index (χ0) is 17.4. The van der Waals surface area contributed by atoms with Crippen molar-refractivity contribution in [2.75, 3.05) is 70.5 Å². The fraction of sp³-hybridized carbons (Fsp3) is 0.944. The van der Waals surface area contributed by atoms with E-state index in [0.29, 0.717) is 5.96 Å². The topological polar surface area (TPSA) is 66.1 Å². The smallest absolute Gasteiger partial charge is 0.188 e. The number of rotatable bonds is 7. The fourth-order valence-electron chi connectivity index (χ4n) is 4.28. The number of hydrogen-bond acceptors (Lipinski definition) is 5. The van der Waals surface area contributed by atoms with Gasteiger partial charge in [0.25, 0.3) is 0 Å². The number of hydrogen-bond donors (Lipinski definition) is 2. The molecule has 0 amide bonds. The van der Waals surface area contributed by atoms with E-state index in [1.165, 1.54) is 50.3 Å². The maximum atomic E-state index is 6.14. The average Bonchev–Trinajstić information content (AvgIpc) is 3.15. The van der Waals surface area contributed by atoms with E-state index in [9.17, 15) is 0 Å². The van der Waals surface area contributed by atoms with E-state index in [-0.39, 0.29) is 5.54 Å². The molecule has 3 aliphatic rings. The van der Waals surface area contributed by atoms with Gasteiger partial charge in [-0.3, -0.25) is 14.8 Å². The molecule has 1 aliphatic carbocycles. The van der Waals surface area contributed by atoms with Gasteiger partial charge in [0.05, 0.1) is 19.8 Å². The van der Waals surface area contributed by atoms with E-state index in [0.717, 1.165) is 52.4 Å². The summed E-state index contributed by atoms with van der Waals surface area (Å²) in [5, 5.41) is 3.31. The molecule has 1 saturated carbocycles. The highest BCUT2D eigenvalue weighted by Crippen LogP contribution is 2.36. The standard InChI is InChI=1S/C18H35N5OS/c19-17(20-6-3-7-22-8-12-24-13-9-22)21-16-18(4-1-2-5-18)23-10-14-25-15-11-23/h1-16H2,(H3,19,20,21). The molecule has 0 atom stereocenters. The van der Waals surface area contributed by atoms with Gasteiger partial charge in [0, 0.05) is 49.8 Å². The van der Waals surface area contributed by atoms with Crippen LogP contribution in [0.5, 0.6) is 0 Å². The third-order valence-corrected chi connectivity index (χ3v) is 6.76. The van der Waals surface area contributed by atoms with Gasteiger partial charge in [-0.1, -0.05) is 12.8 Å². The first kappa shape index (κ1) is 19.3. The summed E-state index contributed by atoms with van der Waals surface area (Å²) in [7, 11) is 0. The third-order valence-electron chi connectivity index (χ3n) is 5.82. The Morgan fingerprint density at radius 3 is 2.56 bits per heavy atom. The van der Waals surface area contributed by atoms with Gasteiger partial charge in [-0.15, -0.1) is 0 Å². The molecule has 2 saturated heterocycles. The molecule has 2 heterocycles. The van der Waals surface area contributed by atoms with Gasteiger partial charge < -0.3 is 15.8 Å². The Kier molecular flexibility index (Phi) is 7.70. The molecule has 3 fully saturated rings. The molecule has 3 N–H and O–H groups in total. The van der Waals surface area contributed by atoms with Crippen molar-refractivity contribution in [3.8, 4) is 0 Å². The summed E-state index contributed by atoms with van der Waals surface area (Å²) in [4.78, 5) is 9.90. The van der Waals surface area contributed by atoms with Gasteiger partial charge in [-0.05, 0) is 25.8 Å². The van der Waals surface area contributed by atoms with E-state index in [1.54, 1.807) is 0 Å². The van der Waals surface area contributed by atoms with Crippen LogP contribution in [-0.2, 0) is 4.74 Å². The highest BCUT2D eigenvalue weighted by molar-refractivity contribution is 7.99. The molecule has 7 heteroatoms. The Morgan fingerprint density at radius 1 is 1.12 bits per heavy atom. The van der Waals surface area contributed by atoms with Crippen LogP contribution in [0.25, 0.3) is 0 Å². The van der Waals surface area contributed by atoms with Crippen LogP contribution in [0.3, 0.4) is 0 Å². The van der Waals surface area contributed by atoms with E-state index >= 15 is 0 Å². The molecular weight excluding hydrogens is 334 g/mol. The second kappa shape index (κ2) is 10.00. The van der Waals surface area contributed by atoms with Crippen LogP contribution in [-0.4, -0.2) is 91.8 Å². The van der Waals surface area contributed by atoms with Crippen LogP contribution in [0, 0.1) is 0 Å². The van der Waals surface area contributed by atoms with Crippen LogP contribution in [0.1, 0.15) is 32.1 Å². The first-order chi connectivity index (χ1) is 12.3. The average molecular weight is 370 g/mol. The normalized spacial score (nSPS) is 26.0. The first-order valence-electron chi connectivity index (χ1n) is 9.95. The van der Waals surface area contributed by atoms with Crippen molar-refractivity contribution >= 4 is 17.7 Å². The summed E-state index contributed by atoms with van der Waals surface area (Å²) in [5.41, 5.74) is 6.42. The largest absolute Gasteiger partial charge is 0.379 e. The molecule has 3 rings (SSSR count). The lowest BCUT2D eigenvalue weighted by Crippen LogP contribution is -2.53. The van der Waals surface area contributed by atoms with Crippen molar-refractivity contribution in [3.05, 3.63) is 0 Å². The molecule has 0 aromatic carbocycles. The summed E-state index contributed by atoms with van der Waals surface area (Å²) >= 11 is 2.08. The van der Waals surface area contributed by atoms with Gasteiger partial charge >= 0.3 is 0 Å². The van der Waals surface area contributed by atoms with Crippen LogP contribution in [0.15, 0.2) is 4.99 Å². The van der Waals surface area contributed by atoms with Gasteiger partial charge in [0.2, 0.25) is 0 Å². The highest BCUT2D eigenvalue weighted by Gasteiger charge is 2.39. The summed E-state index contributed by atoms with van der Waals surface area (Å²) in [6, 6.07) is 0. The Balaban J connectivity index is 1.39. The lowest BCUT2D eigenvalue weighted by molar-refractivity contribution is 0.0376. The van der Waals surface area contributed by atoms with Crippen molar-refractivity contribution in [1.29, 1.82) is 0 Å². The maximum absolute atomic E-state index is 6.14. The molecular formula is C18H35N5OS. The zero-order valence-electron chi connectivity index (χ0n) is 15.5. The molecule has 0 aromatic heterocycles. The molecule has 0 radical (unpaired) electrons. The van der Waals surface area contributed by atoms with Gasteiger partial charge in [0.15, 0.2) is 5.96 Å². The Morgan fingerprint density at radius 2 is 1.84 bits per heavy atom. The van der Waals surface area contributed by atoms with Crippen molar-refractivity contribution in [2.45, 2.75) is 37.6 Å². The summed E-state index contributed by atoms with van der Waals surface area (Å²) in [6.07, 6.45) is 6.35. The van der Waals surface area contributed by atoms with Gasteiger partial charge in [0.1, 0.15) is 0 Å². The minimum atomic E-state index is 0.279. The number of nitrogens with zero attached hydrogens (tertiary/aromatic N) is 3. The number of guanidine groups is 1. The van der Waals surface area contributed by atoms with E-state index < -0.39 is 0 Å². The number of ether oxygens (including phenoxy) is 1. The van der Waals surface area contributed by atoms with Crippen LogP contribution >= 0.6 is 11.8 Å². The molecule has 144 valence electrons. The van der Waals surface area contributed by atoms with Crippen LogP contribution in [0.4, 0.5) is 0 Å². The second-order valence-electron chi connectivity index (χ2n) is 7.47. The highest BCUT2D eigenvalue weighted by atomic mass is 32.2. The number of aliphatic imine (C=N–C) groups is 1. The second-order valence-corrected chi connectivity index (χ2v) is 8.69. The van der Waals surface area contributed by atoms with Crippen molar-refractivity contribution < 1.29 is 4.74 Å². The Hall–Kier alpha value is -0.500. The number of nitrogens with two attached hydrogens (primary N) is 1. The van der Waals surface area contributed by atoms with E-state index in [2.05, 4.69) is 26.9 Å². The molecule has 25 heavy (non-hydrogen) atoms. The molecule has 2 aliphatic heterocycles. The summed E-state index contributed by atoms with van der Waals surface area (Å²) in [6.45, 7) is 9.15. The van der Waals surface area contributed by atoms with Crippen molar-refractivity contribution in [2.24, 2.45) is 10.7 Å². The molecule has 6 nitrogen and oxygen atoms in total. The molecule has 0 aromatic rings. The summed E-state index contributed by atoms with van der Waals surface area (Å²) < 4.78 is 5.38. The van der Waals surface area contributed by atoms with Crippen molar-refractivity contribution in [1.82, 2.24) is 15.1 Å². The van der Waals surface area contributed by atoms with Crippen LogP contribution < -0.4 is 11.1 Å². The Labute approximate surface area is 156 Å². The number of thioether (sulfide) groups is 1. The third kappa shape index (κ3) is 5.74. The zero-order valence-corrected chi connectivity index (χ0v) is 16.4. The summed E-state index contributed by atoms with van der Waals surface area (Å²) in [5.74, 6) is 3.15. The predicted molar refractivity (Wildman–Crippen MR) is 106 cm³/mol. The van der Waals surface area contributed by atoms with Crippen molar-refractivity contribution in [3.63, 3.8) is 0 Å². The first-order valence-corrected chi connectivity index (χ1v) is 11.1. The Bertz CT molecular complexity index is 416. The van der Waals surface area contributed by atoms with Crippen LogP contribution in [0.2, 0.25) is 0 Å². The minimum Gasteiger partial charge on any atom is -0.379 e.